The van der Waals surface area contributed by atoms with E-state index in [4.69, 9.17) is 5.11 Å². The molecule has 1 N–H and O–H groups in total. The van der Waals surface area contributed by atoms with Crippen LogP contribution in [0.15, 0.2) is 12.1 Å². The summed E-state index contributed by atoms with van der Waals surface area (Å²) in [7, 11) is 0. The first-order valence-corrected chi connectivity index (χ1v) is 3.82. The van der Waals surface area contributed by atoms with Gasteiger partial charge in [0.1, 0.15) is 5.82 Å². The molecule has 1 nitrogen and oxygen atoms in total. The molecule has 1 rings (SSSR count). The van der Waals surface area contributed by atoms with Gasteiger partial charge in [0.15, 0.2) is 11.6 Å². The summed E-state index contributed by atoms with van der Waals surface area (Å²) in [6.45, 7) is 1.38. The molecule has 72 valence electrons. The van der Waals surface area contributed by atoms with Gasteiger partial charge in [-0.25, -0.2) is 13.2 Å². The molecule has 1 unspecified atom stereocenters. The molecule has 0 aliphatic heterocycles. The fourth-order valence-corrected chi connectivity index (χ4v) is 1.05. The van der Waals surface area contributed by atoms with Gasteiger partial charge in [-0.1, -0.05) is 0 Å². The van der Waals surface area contributed by atoms with Crippen LogP contribution in [-0.2, 0) is 6.42 Å². The van der Waals surface area contributed by atoms with Gasteiger partial charge in [-0.2, -0.15) is 0 Å². The van der Waals surface area contributed by atoms with Crippen molar-refractivity contribution in [3.8, 4) is 0 Å². The number of halogens is 3. The number of hydrogen-bond acceptors (Lipinski definition) is 1. The lowest BCUT2D eigenvalue weighted by atomic mass is 10.1. The van der Waals surface area contributed by atoms with Gasteiger partial charge < -0.3 is 5.11 Å². The van der Waals surface area contributed by atoms with Gasteiger partial charge in [-0.3, -0.25) is 0 Å². The summed E-state index contributed by atoms with van der Waals surface area (Å²) >= 11 is 0. The molecule has 0 spiro atoms. The zero-order valence-corrected chi connectivity index (χ0v) is 7.02. The molecule has 0 radical (unpaired) electrons. The van der Waals surface area contributed by atoms with Crippen LogP contribution in [0.5, 0.6) is 0 Å². The second kappa shape index (κ2) is 3.79. The van der Waals surface area contributed by atoms with Gasteiger partial charge in [0.2, 0.25) is 0 Å². The highest BCUT2D eigenvalue weighted by Crippen LogP contribution is 2.17. The lowest BCUT2D eigenvalue weighted by molar-refractivity contribution is 0.192. The van der Waals surface area contributed by atoms with E-state index in [0.717, 1.165) is 12.1 Å². The highest BCUT2D eigenvalue weighted by molar-refractivity contribution is 5.21. The van der Waals surface area contributed by atoms with Crippen molar-refractivity contribution in [2.45, 2.75) is 19.4 Å². The minimum atomic E-state index is -1.22. The van der Waals surface area contributed by atoms with Crippen LogP contribution in [0.25, 0.3) is 0 Å². The van der Waals surface area contributed by atoms with Crippen molar-refractivity contribution in [1.29, 1.82) is 0 Å². The van der Waals surface area contributed by atoms with Crippen molar-refractivity contribution in [3.05, 3.63) is 35.1 Å². The molecule has 1 aromatic carbocycles. The summed E-state index contributed by atoms with van der Waals surface area (Å²) in [5.74, 6) is -3.15. The average Bonchev–Trinajstić information content (AvgIpc) is 2.05. The molecule has 1 atom stereocenters. The highest BCUT2D eigenvalue weighted by Gasteiger charge is 2.14. The minimum Gasteiger partial charge on any atom is -0.393 e. The number of benzene rings is 1. The Balaban J connectivity index is 3.10. The molecule has 1 aromatic rings. The van der Waals surface area contributed by atoms with E-state index >= 15 is 0 Å². The molecule has 0 aromatic heterocycles. The molecule has 0 amide bonds. The summed E-state index contributed by atoms with van der Waals surface area (Å²) < 4.78 is 38.4. The molecular weight excluding hydrogens is 181 g/mol. The lowest BCUT2D eigenvalue weighted by Crippen LogP contribution is -2.09. The van der Waals surface area contributed by atoms with Crippen LogP contribution in [0.3, 0.4) is 0 Å². The third kappa shape index (κ3) is 2.21. The van der Waals surface area contributed by atoms with Crippen molar-refractivity contribution < 1.29 is 18.3 Å². The van der Waals surface area contributed by atoms with E-state index in [0.29, 0.717) is 0 Å². The Morgan fingerprint density at radius 1 is 1.23 bits per heavy atom. The normalized spacial score (nSPS) is 13.0. The van der Waals surface area contributed by atoms with Crippen molar-refractivity contribution in [3.63, 3.8) is 0 Å². The maximum Gasteiger partial charge on any atom is 0.165 e. The zero-order valence-electron chi connectivity index (χ0n) is 7.02. The Morgan fingerprint density at radius 3 is 2.31 bits per heavy atom. The number of aliphatic hydroxyl groups excluding tert-OH is 1. The lowest BCUT2D eigenvalue weighted by Gasteiger charge is -2.07. The van der Waals surface area contributed by atoms with Gasteiger partial charge in [0, 0.05) is 12.0 Å². The third-order valence-electron chi connectivity index (χ3n) is 1.64. The molecule has 0 bridgehead atoms. The summed E-state index contributed by atoms with van der Waals surface area (Å²) in [4.78, 5) is 0. The predicted molar refractivity (Wildman–Crippen MR) is 41.7 cm³/mol. The minimum absolute atomic E-state index is 0.227. The predicted octanol–water partition coefficient (Wildman–Crippen LogP) is 2.03. The number of rotatable bonds is 2. The standard InChI is InChI=1S/C9H9F3O/c1-5(13)4-6-7(10)2-3-8(11)9(6)12/h2-3,5,13H,4H2,1H3. The largest absolute Gasteiger partial charge is 0.393 e. The molecule has 13 heavy (non-hydrogen) atoms. The van der Waals surface area contributed by atoms with Gasteiger partial charge in [-0.15, -0.1) is 0 Å². The Labute approximate surface area is 73.8 Å². The summed E-state index contributed by atoms with van der Waals surface area (Å²) in [5, 5.41) is 8.89. The first kappa shape index (κ1) is 10.1. The van der Waals surface area contributed by atoms with Gasteiger partial charge >= 0.3 is 0 Å². The molecule has 0 saturated carbocycles. The van der Waals surface area contributed by atoms with E-state index in [-0.39, 0.29) is 6.42 Å². The molecule has 0 aliphatic carbocycles. The van der Waals surface area contributed by atoms with Crippen molar-refractivity contribution in [2.75, 3.05) is 0 Å². The summed E-state index contributed by atoms with van der Waals surface area (Å²) in [5.41, 5.74) is -0.407. The van der Waals surface area contributed by atoms with Crippen LogP contribution >= 0.6 is 0 Å². The van der Waals surface area contributed by atoms with Crippen LogP contribution in [0.2, 0.25) is 0 Å². The van der Waals surface area contributed by atoms with E-state index < -0.39 is 29.1 Å². The zero-order chi connectivity index (χ0) is 10.0. The average molecular weight is 190 g/mol. The smallest absolute Gasteiger partial charge is 0.165 e. The first-order chi connectivity index (χ1) is 6.02. The topological polar surface area (TPSA) is 20.2 Å². The second-order valence-electron chi connectivity index (χ2n) is 2.87. The van der Waals surface area contributed by atoms with E-state index in [1.165, 1.54) is 6.92 Å². The van der Waals surface area contributed by atoms with Gasteiger partial charge in [-0.05, 0) is 19.1 Å². The Bertz CT molecular complexity index is 310. The quantitative estimate of drug-likeness (QED) is 0.707. The van der Waals surface area contributed by atoms with Crippen molar-refractivity contribution in [1.82, 2.24) is 0 Å². The molecule has 0 fully saturated rings. The van der Waals surface area contributed by atoms with Crippen LogP contribution < -0.4 is 0 Å². The van der Waals surface area contributed by atoms with Crippen LogP contribution in [0.1, 0.15) is 12.5 Å². The SMILES string of the molecule is CC(O)Cc1c(F)ccc(F)c1F. The molecular formula is C9H9F3O. The van der Waals surface area contributed by atoms with Crippen molar-refractivity contribution in [2.24, 2.45) is 0 Å². The fourth-order valence-electron chi connectivity index (χ4n) is 1.05. The Hall–Kier alpha value is -1.03. The maximum absolute atomic E-state index is 12.9. The highest BCUT2D eigenvalue weighted by atomic mass is 19.2. The van der Waals surface area contributed by atoms with Gasteiger partial charge in [0.25, 0.3) is 0 Å². The third-order valence-corrected chi connectivity index (χ3v) is 1.64. The van der Waals surface area contributed by atoms with Crippen LogP contribution in [-0.4, -0.2) is 11.2 Å². The summed E-state index contributed by atoms with van der Waals surface area (Å²) in [6.07, 6.45) is -1.12. The van der Waals surface area contributed by atoms with Crippen LogP contribution in [0.4, 0.5) is 13.2 Å². The Morgan fingerprint density at radius 2 is 1.77 bits per heavy atom. The molecule has 0 heterocycles. The maximum atomic E-state index is 12.9. The Kier molecular flexibility index (Phi) is 2.93. The second-order valence-corrected chi connectivity index (χ2v) is 2.87. The molecule has 0 aliphatic rings. The van der Waals surface area contributed by atoms with Crippen molar-refractivity contribution >= 4 is 0 Å². The number of aliphatic hydroxyl groups is 1. The van der Waals surface area contributed by atoms with E-state index in [1.807, 2.05) is 0 Å². The summed E-state index contributed by atoms with van der Waals surface area (Å²) in [6, 6.07) is 1.56. The van der Waals surface area contributed by atoms with E-state index in [1.54, 1.807) is 0 Å². The van der Waals surface area contributed by atoms with E-state index in [2.05, 4.69) is 0 Å². The monoisotopic (exact) mass is 190 g/mol. The van der Waals surface area contributed by atoms with Gasteiger partial charge in [0.05, 0.1) is 6.10 Å². The number of hydrogen-bond donors (Lipinski definition) is 1. The first-order valence-electron chi connectivity index (χ1n) is 3.82. The van der Waals surface area contributed by atoms with E-state index in [9.17, 15) is 13.2 Å². The molecule has 4 heteroatoms. The molecule has 0 saturated heterocycles. The van der Waals surface area contributed by atoms with Crippen LogP contribution in [0, 0.1) is 17.5 Å². The fraction of sp³-hybridized carbons (Fsp3) is 0.333.